The normalized spacial score (nSPS) is 35.5. The number of fused-ring (bicyclic) bond motifs is 1. The van der Waals surface area contributed by atoms with Crippen molar-refractivity contribution in [1.29, 1.82) is 0 Å². The predicted molar refractivity (Wildman–Crippen MR) is 65.6 cm³/mol. The highest BCUT2D eigenvalue weighted by Crippen LogP contribution is 2.20. The van der Waals surface area contributed by atoms with Gasteiger partial charge in [-0.25, -0.2) is 0 Å². The highest BCUT2D eigenvalue weighted by Gasteiger charge is 2.24. The Balaban J connectivity index is 1.88. The summed E-state index contributed by atoms with van der Waals surface area (Å²) in [5, 5.41) is 0. The van der Waals surface area contributed by atoms with E-state index in [0.29, 0.717) is 6.10 Å². The summed E-state index contributed by atoms with van der Waals surface area (Å²) in [7, 11) is 0. The van der Waals surface area contributed by atoms with Crippen molar-refractivity contribution in [1.82, 2.24) is 0 Å². The smallest absolute Gasteiger partial charge is 0.102 e. The Kier molecular flexibility index (Phi) is 5.36. The lowest BCUT2D eigenvalue weighted by Gasteiger charge is -2.30. The second-order valence-corrected chi connectivity index (χ2v) is 4.87. The van der Waals surface area contributed by atoms with Gasteiger partial charge >= 0.3 is 0 Å². The fourth-order valence-electron chi connectivity index (χ4n) is 2.49. The summed E-state index contributed by atoms with van der Waals surface area (Å²) in [5.41, 5.74) is 0. The summed E-state index contributed by atoms with van der Waals surface area (Å²) < 4.78 is 11.7. The molecule has 0 aromatic carbocycles. The molecule has 2 heterocycles. The molecule has 1 fully saturated rings. The van der Waals surface area contributed by atoms with E-state index in [1.807, 2.05) is 0 Å². The summed E-state index contributed by atoms with van der Waals surface area (Å²) in [5.74, 6) is 0. The molecule has 0 aromatic heterocycles. The third-order valence-electron chi connectivity index (χ3n) is 3.48. The molecular formula is C14H24O2. The lowest BCUT2D eigenvalue weighted by molar-refractivity contribution is -0.0853. The molecular weight excluding hydrogens is 200 g/mol. The largest absolute Gasteiger partial charge is 0.375 e. The second kappa shape index (κ2) is 7.08. The molecule has 0 spiro atoms. The fourth-order valence-corrected chi connectivity index (χ4v) is 2.49. The second-order valence-electron chi connectivity index (χ2n) is 4.87. The highest BCUT2D eigenvalue weighted by atomic mass is 16.5. The number of allylic oxidation sites excluding steroid dienone is 1. The van der Waals surface area contributed by atoms with E-state index >= 15 is 0 Å². The van der Waals surface area contributed by atoms with Crippen LogP contribution in [0.3, 0.4) is 0 Å². The van der Waals surface area contributed by atoms with Crippen LogP contribution in [0.4, 0.5) is 0 Å². The first-order valence-corrected chi connectivity index (χ1v) is 6.87. The minimum absolute atomic E-state index is 0.216. The van der Waals surface area contributed by atoms with Crippen LogP contribution in [0.15, 0.2) is 12.2 Å². The van der Waals surface area contributed by atoms with Crippen molar-refractivity contribution in [3.8, 4) is 0 Å². The lowest BCUT2D eigenvalue weighted by Crippen LogP contribution is -2.35. The summed E-state index contributed by atoms with van der Waals surface area (Å²) in [6, 6.07) is 0. The van der Waals surface area contributed by atoms with Crippen molar-refractivity contribution in [2.45, 2.75) is 63.6 Å². The van der Waals surface area contributed by atoms with Gasteiger partial charge in [-0.15, -0.1) is 0 Å². The molecule has 0 aromatic rings. The predicted octanol–water partition coefficient (Wildman–Crippen LogP) is 3.46. The minimum atomic E-state index is 0.216. The van der Waals surface area contributed by atoms with Gasteiger partial charge in [0.2, 0.25) is 0 Å². The molecule has 0 amide bonds. The zero-order valence-corrected chi connectivity index (χ0v) is 10.2. The lowest BCUT2D eigenvalue weighted by atomic mass is 10.0. The summed E-state index contributed by atoms with van der Waals surface area (Å²) in [4.78, 5) is 0. The zero-order valence-electron chi connectivity index (χ0n) is 10.2. The third-order valence-corrected chi connectivity index (χ3v) is 3.48. The van der Waals surface area contributed by atoms with Crippen molar-refractivity contribution in [2.24, 2.45) is 0 Å². The van der Waals surface area contributed by atoms with Crippen LogP contribution in [0.1, 0.15) is 51.4 Å². The quantitative estimate of drug-likeness (QED) is 0.587. The molecule has 0 aliphatic carbocycles. The molecule has 16 heavy (non-hydrogen) atoms. The van der Waals surface area contributed by atoms with Crippen LogP contribution in [0.2, 0.25) is 0 Å². The van der Waals surface area contributed by atoms with E-state index in [0.717, 1.165) is 26.1 Å². The molecule has 0 bridgehead atoms. The van der Waals surface area contributed by atoms with Gasteiger partial charge in [-0.1, -0.05) is 31.4 Å². The Morgan fingerprint density at radius 3 is 2.62 bits per heavy atom. The molecule has 2 aliphatic heterocycles. The third kappa shape index (κ3) is 3.91. The molecule has 2 aliphatic rings. The maximum absolute atomic E-state index is 5.94. The Bertz CT molecular complexity index is 213. The maximum Gasteiger partial charge on any atom is 0.102 e. The SMILES string of the molecule is C1=C/[C@H]2OCCC[C@@H]2OCCCCCCC/1. The Morgan fingerprint density at radius 1 is 0.812 bits per heavy atom. The molecule has 2 heteroatoms. The van der Waals surface area contributed by atoms with Gasteiger partial charge in [-0.3, -0.25) is 0 Å². The summed E-state index contributed by atoms with van der Waals surface area (Å²) >= 11 is 0. The van der Waals surface area contributed by atoms with Crippen LogP contribution in [-0.4, -0.2) is 25.4 Å². The van der Waals surface area contributed by atoms with Gasteiger partial charge in [0.15, 0.2) is 0 Å². The number of hydrogen-bond donors (Lipinski definition) is 0. The molecule has 0 saturated carbocycles. The van der Waals surface area contributed by atoms with Gasteiger partial charge in [0.05, 0.1) is 6.10 Å². The van der Waals surface area contributed by atoms with E-state index in [1.165, 1.54) is 38.5 Å². The first-order valence-electron chi connectivity index (χ1n) is 6.87. The highest BCUT2D eigenvalue weighted by molar-refractivity contribution is 4.95. The van der Waals surface area contributed by atoms with E-state index in [-0.39, 0.29) is 6.10 Å². The minimum Gasteiger partial charge on any atom is -0.375 e. The standard InChI is InChI=1S/C14H24O2/c1-2-4-6-9-13-14(10-8-12-16-13)15-11-7-5-3-1/h6,9,13-14H,1-5,7-8,10-12H2/b9-6+/t13-,14+/m1/s1. The van der Waals surface area contributed by atoms with Crippen LogP contribution in [0.5, 0.6) is 0 Å². The molecule has 2 rings (SSSR count). The molecule has 92 valence electrons. The average molecular weight is 224 g/mol. The van der Waals surface area contributed by atoms with Crippen LogP contribution in [0, 0.1) is 0 Å². The Hall–Kier alpha value is -0.340. The first kappa shape index (κ1) is 12.1. The molecule has 0 N–H and O–H groups in total. The zero-order chi connectivity index (χ0) is 11.1. The molecule has 2 atom stereocenters. The Labute approximate surface area is 99.0 Å². The van der Waals surface area contributed by atoms with Crippen molar-refractivity contribution in [2.75, 3.05) is 13.2 Å². The van der Waals surface area contributed by atoms with E-state index in [9.17, 15) is 0 Å². The van der Waals surface area contributed by atoms with Crippen LogP contribution in [0.25, 0.3) is 0 Å². The van der Waals surface area contributed by atoms with E-state index in [1.54, 1.807) is 0 Å². The summed E-state index contributed by atoms with van der Waals surface area (Å²) in [6.45, 7) is 1.81. The van der Waals surface area contributed by atoms with Crippen molar-refractivity contribution in [3.63, 3.8) is 0 Å². The Morgan fingerprint density at radius 2 is 1.62 bits per heavy atom. The van der Waals surface area contributed by atoms with Crippen molar-refractivity contribution in [3.05, 3.63) is 12.2 Å². The maximum atomic E-state index is 5.94. The number of ether oxygens (including phenoxy) is 2. The van der Waals surface area contributed by atoms with E-state index < -0.39 is 0 Å². The van der Waals surface area contributed by atoms with Gasteiger partial charge in [0.1, 0.15) is 6.10 Å². The van der Waals surface area contributed by atoms with E-state index in [4.69, 9.17) is 9.47 Å². The van der Waals surface area contributed by atoms with Gasteiger partial charge < -0.3 is 9.47 Å². The molecule has 0 unspecified atom stereocenters. The number of hydrogen-bond acceptors (Lipinski definition) is 2. The fraction of sp³-hybridized carbons (Fsp3) is 0.857. The number of rotatable bonds is 0. The molecule has 2 nitrogen and oxygen atoms in total. The average Bonchev–Trinajstić information content (AvgIpc) is 2.30. The van der Waals surface area contributed by atoms with Crippen LogP contribution >= 0.6 is 0 Å². The van der Waals surface area contributed by atoms with Gasteiger partial charge in [0.25, 0.3) is 0 Å². The van der Waals surface area contributed by atoms with Gasteiger partial charge in [0, 0.05) is 13.2 Å². The van der Waals surface area contributed by atoms with Crippen molar-refractivity contribution >= 4 is 0 Å². The van der Waals surface area contributed by atoms with Gasteiger partial charge in [-0.05, 0) is 32.1 Å². The topological polar surface area (TPSA) is 18.5 Å². The van der Waals surface area contributed by atoms with E-state index in [2.05, 4.69) is 12.2 Å². The molecule has 1 saturated heterocycles. The van der Waals surface area contributed by atoms with Gasteiger partial charge in [-0.2, -0.15) is 0 Å². The van der Waals surface area contributed by atoms with Crippen LogP contribution < -0.4 is 0 Å². The summed E-state index contributed by atoms with van der Waals surface area (Å²) in [6.07, 6.45) is 15.1. The van der Waals surface area contributed by atoms with Crippen LogP contribution in [-0.2, 0) is 9.47 Å². The van der Waals surface area contributed by atoms with Crippen molar-refractivity contribution < 1.29 is 9.47 Å². The monoisotopic (exact) mass is 224 g/mol. The first-order chi connectivity index (χ1) is 7.97. The molecule has 0 radical (unpaired) electrons.